The molecule has 3 heterocycles. The van der Waals surface area contributed by atoms with Crippen LogP contribution in [0, 0.1) is 0 Å². The molecule has 0 saturated carbocycles. The van der Waals surface area contributed by atoms with Gasteiger partial charge in [-0.1, -0.05) is 29.3 Å². The summed E-state index contributed by atoms with van der Waals surface area (Å²) in [6, 6.07) is 6.39. The van der Waals surface area contributed by atoms with Crippen LogP contribution in [-0.2, 0) is 6.54 Å². The molecule has 10 heteroatoms. The van der Waals surface area contributed by atoms with Crippen molar-refractivity contribution in [1.82, 2.24) is 19.5 Å². The molecular formula is C19H18Cl2N6O2. The number of hydrogen-bond donors (Lipinski definition) is 2. The molecule has 0 bridgehead atoms. The fourth-order valence-corrected chi connectivity index (χ4v) is 3.00. The average Bonchev–Trinajstić information content (AvgIpc) is 2.72. The number of aromatic nitrogens is 4. The predicted molar refractivity (Wildman–Crippen MR) is 113 cm³/mol. The summed E-state index contributed by atoms with van der Waals surface area (Å²) in [5.74, 6) is 1.02. The molecule has 0 fully saturated rings. The molecule has 0 aromatic carbocycles. The minimum absolute atomic E-state index is 0.183. The van der Waals surface area contributed by atoms with E-state index in [0.717, 1.165) is 12.0 Å². The van der Waals surface area contributed by atoms with Crippen molar-refractivity contribution in [3.8, 4) is 0 Å². The van der Waals surface area contributed by atoms with Crippen molar-refractivity contribution in [2.45, 2.75) is 13.0 Å². The van der Waals surface area contributed by atoms with Crippen molar-refractivity contribution in [3.05, 3.63) is 74.5 Å². The number of halogens is 2. The first kappa shape index (κ1) is 20.8. The Balaban J connectivity index is 1.57. The zero-order valence-electron chi connectivity index (χ0n) is 15.3. The third-order valence-electron chi connectivity index (χ3n) is 3.98. The molecular weight excluding hydrogens is 415 g/mol. The zero-order chi connectivity index (χ0) is 20.6. The molecule has 0 amide bonds. The van der Waals surface area contributed by atoms with Gasteiger partial charge >= 0.3 is 0 Å². The maximum Gasteiger partial charge on any atom is 0.255 e. The van der Waals surface area contributed by atoms with Crippen molar-refractivity contribution in [2.75, 3.05) is 23.7 Å². The summed E-state index contributed by atoms with van der Waals surface area (Å²) in [6.45, 7) is 1.50. The van der Waals surface area contributed by atoms with Crippen molar-refractivity contribution in [3.63, 3.8) is 0 Å². The first-order chi connectivity index (χ1) is 14.1. The second-order valence-corrected chi connectivity index (χ2v) is 6.94. The minimum Gasteiger partial charge on any atom is -0.369 e. The monoisotopic (exact) mass is 432 g/mol. The van der Waals surface area contributed by atoms with E-state index in [1.807, 2.05) is 0 Å². The number of aldehydes is 1. The number of rotatable bonds is 9. The predicted octanol–water partition coefficient (Wildman–Crippen LogP) is 3.12. The number of pyridine rings is 2. The van der Waals surface area contributed by atoms with Gasteiger partial charge in [-0.15, -0.1) is 0 Å². The molecule has 0 aliphatic rings. The third kappa shape index (κ3) is 5.75. The smallest absolute Gasteiger partial charge is 0.255 e. The van der Waals surface area contributed by atoms with Crippen molar-refractivity contribution < 1.29 is 4.79 Å². The Hall–Kier alpha value is -2.97. The van der Waals surface area contributed by atoms with E-state index in [1.54, 1.807) is 24.4 Å². The van der Waals surface area contributed by atoms with Crippen LogP contribution in [0.15, 0.2) is 47.7 Å². The fourth-order valence-electron chi connectivity index (χ4n) is 2.55. The normalized spacial score (nSPS) is 10.6. The third-order valence-corrected chi connectivity index (χ3v) is 4.48. The number of carbonyl (C=O) groups is 1. The van der Waals surface area contributed by atoms with Gasteiger partial charge < -0.3 is 10.6 Å². The maximum absolute atomic E-state index is 12.3. The van der Waals surface area contributed by atoms with E-state index in [-0.39, 0.29) is 5.56 Å². The first-order valence-electron chi connectivity index (χ1n) is 8.81. The maximum atomic E-state index is 12.3. The fraction of sp³-hybridized carbons (Fsp3) is 0.211. The molecule has 3 rings (SSSR count). The van der Waals surface area contributed by atoms with Crippen LogP contribution >= 0.6 is 23.2 Å². The molecule has 8 nitrogen and oxygen atoms in total. The van der Waals surface area contributed by atoms with Crippen molar-refractivity contribution in [1.29, 1.82) is 0 Å². The number of carbonyl (C=O) groups excluding carboxylic acids is 1. The average molecular weight is 433 g/mol. The lowest BCUT2D eigenvalue weighted by Crippen LogP contribution is -2.25. The molecule has 2 N–H and O–H groups in total. The van der Waals surface area contributed by atoms with Gasteiger partial charge in [-0.3, -0.25) is 19.1 Å². The Morgan fingerprint density at radius 3 is 2.59 bits per heavy atom. The lowest BCUT2D eigenvalue weighted by molar-refractivity contribution is 0.111. The number of hydrogen-bond acceptors (Lipinski definition) is 7. The lowest BCUT2D eigenvalue weighted by Gasteiger charge is -2.13. The second kappa shape index (κ2) is 9.99. The van der Waals surface area contributed by atoms with Gasteiger partial charge in [0.15, 0.2) is 6.29 Å². The summed E-state index contributed by atoms with van der Waals surface area (Å²) in [5.41, 5.74) is 0.949. The summed E-state index contributed by atoms with van der Waals surface area (Å²) in [7, 11) is 0. The molecule has 0 atom stereocenters. The van der Waals surface area contributed by atoms with E-state index in [4.69, 9.17) is 23.2 Å². The molecule has 150 valence electrons. The molecule has 0 aliphatic carbocycles. The van der Waals surface area contributed by atoms with Gasteiger partial charge in [0.05, 0.1) is 16.6 Å². The number of nitrogens with one attached hydrogen (secondary N) is 2. The number of nitrogens with zero attached hydrogens (tertiary/aromatic N) is 4. The molecule has 0 radical (unpaired) electrons. The van der Waals surface area contributed by atoms with Crippen LogP contribution in [0.1, 0.15) is 22.5 Å². The van der Waals surface area contributed by atoms with Gasteiger partial charge in [0.1, 0.15) is 11.5 Å². The summed E-state index contributed by atoms with van der Waals surface area (Å²) < 4.78 is 1.52. The van der Waals surface area contributed by atoms with E-state index in [9.17, 15) is 9.59 Å². The quantitative estimate of drug-likeness (QED) is 0.395. The van der Waals surface area contributed by atoms with E-state index < -0.39 is 0 Å². The van der Waals surface area contributed by atoms with Crippen LogP contribution in [0.25, 0.3) is 0 Å². The Bertz CT molecular complexity index is 1040. The molecule has 3 aromatic heterocycles. The van der Waals surface area contributed by atoms with Crippen LogP contribution in [0.3, 0.4) is 0 Å². The molecule has 0 unspecified atom stereocenters. The van der Waals surface area contributed by atoms with Crippen LogP contribution in [0.4, 0.5) is 11.8 Å². The van der Waals surface area contributed by atoms with Crippen molar-refractivity contribution in [2.24, 2.45) is 0 Å². The summed E-state index contributed by atoms with van der Waals surface area (Å²) in [4.78, 5) is 35.4. The standard InChI is InChI=1S/C19H18Cl2N6O2/c20-14-8-16(21)18(26-10-14)22-5-1-6-23-19-24-7-4-17(29)27(19)11-13-2-3-15(12-28)25-9-13/h2-4,7-10,12H,1,5-6,11H2,(H,22,26)(H,23,24). The summed E-state index contributed by atoms with van der Waals surface area (Å²) >= 11 is 11.9. The SMILES string of the molecule is O=Cc1ccc(Cn2c(NCCCNc3ncc(Cl)cc3Cl)nccc2=O)cn1. The van der Waals surface area contributed by atoms with E-state index in [2.05, 4.69) is 25.6 Å². The highest BCUT2D eigenvalue weighted by Gasteiger charge is 2.07. The van der Waals surface area contributed by atoms with Crippen LogP contribution in [-0.4, -0.2) is 38.9 Å². The molecule has 0 aliphatic heterocycles. The van der Waals surface area contributed by atoms with E-state index in [1.165, 1.54) is 23.0 Å². The van der Waals surface area contributed by atoms with Gasteiger partial charge in [-0.05, 0) is 24.1 Å². The molecule has 29 heavy (non-hydrogen) atoms. The highest BCUT2D eigenvalue weighted by molar-refractivity contribution is 6.35. The minimum atomic E-state index is -0.183. The van der Waals surface area contributed by atoms with Gasteiger partial charge in [0.25, 0.3) is 5.56 Å². The Morgan fingerprint density at radius 2 is 1.86 bits per heavy atom. The van der Waals surface area contributed by atoms with Crippen LogP contribution < -0.4 is 16.2 Å². The van der Waals surface area contributed by atoms with Crippen molar-refractivity contribution >= 4 is 41.3 Å². The zero-order valence-corrected chi connectivity index (χ0v) is 16.8. The summed E-state index contributed by atoms with van der Waals surface area (Å²) in [6.07, 6.45) is 5.97. The topological polar surface area (TPSA) is 102 Å². The van der Waals surface area contributed by atoms with Gasteiger partial charge in [-0.25, -0.2) is 9.97 Å². The molecule has 0 saturated heterocycles. The van der Waals surface area contributed by atoms with Crippen LogP contribution in [0.2, 0.25) is 10.0 Å². The van der Waals surface area contributed by atoms with Gasteiger partial charge in [-0.2, -0.15) is 0 Å². The van der Waals surface area contributed by atoms with E-state index >= 15 is 0 Å². The lowest BCUT2D eigenvalue weighted by atomic mass is 10.2. The highest BCUT2D eigenvalue weighted by atomic mass is 35.5. The Kier molecular flexibility index (Phi) is 7.15. The first-order valence-corrected chi connectivity index (χ1v) is 9.57. The second-order valence-electron chi connectivity index (χ2n) is 6.09. The highest BCUT2D eigenvalue weighted by Crippen LogP contribution is 2.22. The Labute approximate surface area is 176 Å². The van der Waals surface area contributed by atoms with Gasteiger partial charge in [0, 0.05) is 37.7 Å². The Morgan fingerprint density at radius 1 is 1.03 bits per heavy atom. The van der Waals surface area contributed by atoms with Gasteiger partial charge in [0.2, 0.25) is 5.95 Å². The van der Waals surface area contributed by atoms with E-state index in [0.29, 0.717) is 53.4 Å². The molecule has 3 aromatic rings. The summed E-state index contributed by atoms with van der Waals surface area (Å²) in [5, 5.41) is 7.24. The largest absolute Gasteiger partial charge is 0.369 e. The number of anilines is 2. The van der Waals surface area contributed by atoms with Crippen LogP contribution in [0.5, 0.6) is 0 Å². The molecule has 0 spiro atoms.